The van der Waals surface area contributed by atoms with Crippen molar-refractivity contribution < 1.29 is 4.74 Å². The second kappa shape index (κ2) is 6.12. The van der Waals surface area contributed by atoms with Crippen molar-refractivity contribution in [2.75, 3.05) is 12.4 Å². The van der Waals surface area contributed by atoms with Gasteiger partial charge >= 0.3 is 0 Å². The highest BCUT2D eigenvalue weighted by Crippen LogP contribution is 2.28. The number of hydrogen-bond acceptors (Lipinski definition) is 5. The van der Waals surface area contributed by atoms with Crippen molar-refractivity contribution in [3.05, 3.63) is 66.7 Å². The molecular formula is C19H16N4O. The molecule has 0 aliphatic rings. The summed E-state index contributed by atoms with van der Waals surface area (Å²) >= 11 is 0. The van der Waals surface area contributed by atoms with Crippen LogP contribution in [0.25, 0.3) is 21.7 Å². The van der Waals surface area contributed by atoms with E-state index in [4.69, 9.17) is 4.74 Å². The van der Waals surface area contributed by atoms with Crippen molar-refractivity contribution >= 4 is 27.5 Å². The van der Waals surface area contributed by atoms with Crippen molar-refractivity contribution in [1.82, 2.24) is 15.0 Å². The van der Waals surface area contributed by atoms with Gasteiger partial charge in [0.1, 0.15) is 17.9 Å². The Kier molecular flexibility index (Phi) is 3.67. The first-order valence-electron chi connectivity index (χ1n) is 7.69. The zero-order chi connectivity index (χ0) is 16.4. The molecule has 0 spiro atoms. The number of aromatic nitrogens is 3. The number of nitrogens with zero attached hydrogens (tertiary/aromatic N) is 3. The SMILES string of the molecule is COc1cc(CNc2ncnc3ccncc23)cc2ccccc12. The Labute approximate surface area is 139 Å². The summed E-state index contributed by atoms with van der Waals surface area (Å²) in [5, 5.41) is 6.55. The van der Waals surface area contributed by atoms with E-state index in [1.54, 1.807) is 25.8 Å². The molecule has 0 fully saturated rings. The molecule has 0 aliphatic heterocycles. The maximum atomic E-state index is 5.53. The normalized spacial score (nSPS) is 10.9. The zero-order valence-corrected chi connectivity index (χ0v) is 13.2. The fourth-order valence-corrected chi connectivity index (χ4v) is 2.83. The van der Waals surface area contributed by atoms with E-state index in [1.165, 1.54) is 0 Å². The van der Waals surface area contributed by atoms with E-state index in [0.717, 1.165) is 38.8 Å². The third-order valence-electron chi connectivity index (χ3n) is 4.00. The molecule has 0 aliphatic carbocycles. The highest BCUT2D eigenvalue weighted by Gasteiger charge is 2.06. The quantitative estimate of drug-likeness (QED) is 0.620. The number of anilines is 1. The molecule has 0 radical (unpaired) electrons. The molecule has 5 nitrogen and oxygen atoms in total. The number of fused-ring (bicyclic) bond motifs is 2. The molecule has 24 heavy (non-hydrogen) atoms. The van der Waals surface area contributed by atoms with E-state index in [1.807, 2.05) is 18.2 Å². The molecule has 0 atom stereocenters. The minimum atomic E-state index is 0.641. The van der Waals surface area contributed by atoms with Crippen LogP contribution >= 0.6 is 0 Å². The fourth-order valence-electron chi connectivity index (χ4n) is 2.83. The van der Waals surface area contributed by atoms with Crippen LogP contribution in [-0.2, 0) is 6.54 Å². The predicted octanol–water partition coefficient (Wildman–Crippen LogP) is 3.80. The van der Waals surface area contributed by atoms with Crippen LogP contribution in [-0.4, -0.2) is 22.1 Å². The van der Waals surface area contributed by atoms with Crippen LogP contribution in [0.3, 0.4) is 0 Å². The summed E-state index contributed by atoms with van der Waals surface area (Å²) in [7, 11) is 1.70. The maximum Gasteiger partial charge on any atom is 0.139 e. The van der Waals surface area contributed by atoms with Gasteiger partial charge in [-0.05, 0) is 29.1 Å². The van der Waals surface area contributed by atoms with E-state index in [0.29, 0.717) is 6.54 Å². The maximum absolute atomic E-state index is 5.53. The molecule has 0 saturated carbocycles. The minimum absolute atomic E-state index is 0.641. The van der Waals surface area contributed by atoms with Gasteiger partial charge in [-0.25, -0.2) is 9.97 Å². The summed E-state index contributed by atoms with van der Waals surface area (Å²) in [6.45, 7) is 0.641. The molecule has 4 rings (SSSR count). The van der Waals surface area contributed by atoms with E-state index < -0.39 is 0 Å². The summed E-state index contributed by atoms with van der Waals surface area (Å²) in [5.74, 6) is 1.65. The van der Waals surface area contributed by atoms with Crippen molar-refractivity contribution in [3.63, 3.8) is 0 Å². The number of nitrogens with one attached hydrogen (secondary N) is 1. The average molecular weight is 316 g/mol. The van der Waals surface area contributed by atoms with E-state index >= 15 is 0 Å². The highest BCUT2D eigenvalue weighted by atomic mass is 16.5. The first-order chi connectivity index (χ1) is 11.8. The summed E-state index contributed by atoms with van der Waals surface area (Å²) in [4.78, 5) is 12.7. The second-order valence-electron chi connectivity index (χ2n) is 5.49. The van der Waals surface area contributed by atoms with Gasteiger partial charge in [-0.1, -0.05) is 24.3 Å². The smallest absolute Gasteiger partial charge is 0.139 e. The highest BCUT2D eigenvalue weighted by molar-refractivity contribution is 5.90. The summed E-state index contributed by atoms with van der Waals surface area (Å²) < 4.78 is 5.53. The lowest BCUT2D eigenvalue weighted by molar-refractivity contribution is 0.419. The lowest BCUT2D eigenvalue weighted by atomic mass is 10.1. The van der Waals surface area contributed by atoms with Crippen molar-refractivity contribution in [2.24, 2.45) is 0 Å². The number of pyridine rings is 1. The number of ether oxygens (including phenoxy) is 1. The summed E-state index contributed by atoms with van der Waals surface area (Å²) in [6.07, 6.45) is 5.07. The number of methoxy groups -OCH3 is 1. The Balaban J connectivity index is 1.67. The van der Waals surface area contributed by atoms with Crippen LogP contribution in [0.1, 0.15) is 5.56 Å². The molecular weight excluding hydrogens is 300 g/mol. The molecule has 0 bridgehead atoms. The molecule has 0 unspecified atom stereocenters. The largest absolute Gasteiger partial charge is 0.496 e. The Hall–Kier alpha value is -3.21. The Bertz CT molecular complexity index is 1010. The molecule has 1 N–H and O–H groups in total. The number of rotatable bonds is 4. The molecule has 0 saturated heterocycles. The van der Waals surface area contributed by atoms with Gasteiger partial charge in [-0.15, -0.1) is 0 Å². The lowest BCUT2D eigenvalue weighted by Crippen LogP contribution is -2.03. The lowest BCUT2D eigenvalue weighted by Gasteiger charge is -2.11. The van der Waals surface area contributed by atoms with Gasteiger partial charge in [-0.2, -0.15) is 0 Å². The van der Waals surface area contributed by atoms with Gasteiger partial charge in [0, 0.05) is 24.3 Å². The molecule has 2 heterocycles. The van der Waals surface area contributed by atoms with Crippen molar-refractivity contribution in [2.45, 2.75) is 6.54 Å². The second-order valence-corrected chi connectivity index (χ2v) is 5.49. The van der Waals surface area contributed by atoms with Crippen LogP contribution in [0, 0.1) is 0 Å². The van der Waals surface area contributed by atoms with Gasteiger partial charge in [0.2, 0.25) is 0 Å². The molecule has 5 heteroatoms. The Morgan fingerprint density at radius 3 is 2.88 bits per heavy atom. The average Bonchev–Trinajstić information content (AvgIpc) is 2.65. The van der Waals surface area contributed by atoms with Gasteiger partial charge in [0.05, 0.1) is 18.0 Å². The molecule has 2 aromatic carbocycles. The van der Waals surface area contributed by atoms with Gasteiger partial charge in [0.25, 0.3) is 0 Å². The van der Waals surface area contributed by atoms with Crippen LogP contribution in [0.15, 0.2) is 61.2 Å². The molecule has 118 valence electrons. The van der Waals surface area contributed by atoms with E-state index in [9.17, 15) is 0 Å². The topological polar surface area (TPSA) is 59.9 Å². The van der Waals surface area contributed by atoms with Gasteiger partial charge in [-0.3, -0.25) is 4.98 Å². The van der Waals surface area contributed by atoms with Gasteiger partial charge in [0.15, 0.2) is 0 Å². The van der Waals surface area contributed by atoms with E-state index in [-0.39, 0.29) is 0 Å². The Morgan fingerprint density at radius 2 is 1.96 bits per heavy atom. The van der Waals surface area contributed by atoms with Gasteiger partial charge < -0.3 is 10.1 Å². The summed E-state index contributed by atoms with van der Waals surface area (Å²) in [5.41, 5.74) is 2.00. The third-order valence-corrected chi connectivity index (χ3v) is 4.00. The summed E-state index contributed by atoms with van der Waals surface area (Å²) in [6, 6.07) is 14.3. The first-order valence-corrected chi connectivity index (χ1v) is 7.69. The monoisotopic (exact) mass is 316 g/mol. The predicted molar refractivity (Wildman–Crippen MR) is 95.2 cm³/mol. The van der Waals surface area contributed by atoms with Crippen LogP contribution in [0.2, 0.25) is 0 Å². The van der Waals surface area contributed by atoms with Crippen LogP contribution in [0.4, 0.5) is 5.82 Å². The number of benzene rings is 2. The van der Waals surface area contributed by atoms with E-state index in [2.05, 4.69) is 44.5 Å². The Morgan fingerprint density at radius 1 is 1.04 bits per heavy atom. The van der Waals surface area contributed by atoms with Crippen LogP contribution in [0.5, 0.6) is 5.75 Å². The molecule has 0 amide bonds. The van der Waals surface area contributed by atoms with Crippen molar-refractivity contribution in [3.8, 4) is 5.75 Å². The standard InChI is InChI=1S/C19H16N4O/c1-24-18-9-13(8-14-4-2-3-5-15(14)18)10-21-19-16-11-20-7-6-17(16)22-12-23-19/h2-9,11-12H,10H2,1H3,(H,21,22,23). The minimum Gasteiger partial charge on any atom is -0.496 e. The van der Waals surface area contributed by atoms with Crippen LogP contribution < -0.4 is 10.1 Å². The zero-order valence-electron chi connectivity index (χ0n) is 13.2. The third kappa shape index (κ3) is 2.60. The number of hydrogen-bond donors (Lipinski definition) is 1. The fraction of sp³-hybridized carbons (Fsp3) is 0.105. The molecule has 2 aromatic heterocycles. The molecule has 4 aromatic rings. The van der Waals surface area contributed by atoms with Crippen molar-refractivity contribution in [1.29, 1.82) is 0 Å². The first kappa shape index (κ1) is 14.4.